The molecule has 2 heterocycles. The Hall–Kier alpha value is -3.67. The molecular weight excluding hydrogens is 501 g/mol. The van der Waals surface area contributed by atoms with Crippen LogP contribution in [-0.4, -0.2) is 76.0 Å². The highest BCUT2D eigenvalue weighted by Gasteiger charge is 2.37. The van der Waals surface area contributed by atoms with E-state index in [4.69, 9.17) is 0 Å². The molecule has 1 aromatic carbocycles. The van der Waals surface area contributed by atoms with Crippen LogP contribution in [0.5, 0.6) is 0 Å². The lowest BCUT2D eigenvalue weighted by Gasteiger charge is -2.35. The smallest absolute Gasteiger partial charge is 0.421 e. The summed E-state index contributed by atoms with van der Waals surface area (Å²) in [5, 5.41) is 15.0. The minimum absolute atomic E-state index is 0.0961. The Morgan fingerprint density at radius 1 is 1.11 bits per heavy atom. The lowest BCUT2D eigenvalue weighted by molar-refractivity contribution is -0.142. The lowest BCUT2D eigenvalue weighted by atomic mass is 9.89. The van der Waals surface area contributed by atoms with Gasteiger partial charge in [0.25, 0.3) is 5.91 Å². The van der Waals surface area contributed by atoms with E-state index in [2.05, 4.69) is 32.5 Å². The number of carbonyl (C=O) groups excluding carboxylic acids is 1. The molecule has 1 aliphatic heterocycles. The van der Waals surface area contributed by atoms with Gasteiger partial charge in [0.05, 0.1) is 5.92 Å². The second kappa shape index (κ2) is 11.4. The maximum absolute atomic E-state index is 13.6. The first kappa shape index (κ1) is 27.4. The molecule has 0 radical (unpaired) electrons. The van der Waals surface area contributed by atoms with Gasteiger partial charge >= 0.3 is 12.1 Å². The summed E-state index contributed by atoms with van der Waals surface area (Å²) in [4.78, 5) is 36.4. The molecule has 12 heteroatoms. The van der Waals surface area contributed by atoms with Crippen LogP contribution in [0.2, 0.25) is 0 Å². The zero-order chi connectivity index (χ0) is 27.4. The molecule has 38 heavy (non-hydrogen) atoms. The third-order valence-electron chi connectivity index (χ3n) is 7.11. The molecule has 0 bridgehead atoms. The van der Waals surface area contributed by atoms with Gasteiger partial charge < -0.3 is 25.5 Å². The molecule has 2 aliphatic rings. The van der Waals surface area contributed by atoms with E-state index < -0.39 is 35.5 Å². The number of piperidine rings is 1. The van der Waals surface area contributed by atoms with Gasteiger partial charge in [-0.3, -0.25) is 9.59 Å². The Bertz CT molecular complexity index is 1180. The van der Waals surface area contributed by atoms with Crippen molar-refractivity contribution in [3.8, 4) is 0 Å². The molecule has 1 amide bonds. The number of nitrogens with zero attached hydrogens (tertiary/aromatic N) is 4. The number of allylic oxidation sites excluding steroid dienone is 1. The molecule has 0 saturated carbocycles. The Morgan fingerprint density at radius 2 is 1.76 bits per heavy atom. The topological polar surface area (TPSA) is 111 Å². The summed E-state index contributed by atoms with van der Waals surface area (Å²) in [5.41, 5.74) is -0.101. The molecule has 0 spiro atoms. The van der Waals surface area contributed by atoms with Crippen molar-refractivity contribution in [1.29, 1.82) is 0 Å². The number of carbonyl (C=O) groups is 2. The largest absolute Gasteiger partial charge is 0.481 e. The highest BCUT2D eigenvalue weighted by Crippen LogP contribution is 2.35. The summed E-state index contributed by atoms with van der Waals surface area (Å²) in [6.07, 6.45) is 1.65. The van der Waals surface area contributed by atoms with Crippen molar-refractivity contribution < 1.29 is 27.9 Å². The van der Waals surface area contributed by atoms with Crippen molar-refractivity contribution in [3.63, 3.8) is 0 Å². The van der Waals surface area contributed by atoms with E-state index in [1.54, 1.807) is 48.4 Å². The van der Waals surface area contributed by atoms with Crippen molar-refractivity contribution >= 4 is 29.3 Å². The van der Waals surface area contributed by atoms with E-state index in [0.717, 1.165) is 25.9 Å². The Labute approximate surface area is 218 Å². The number of nitrogens with one attached hydrogen (secondary N) is 2. The minimum Gasteiger partial charge on any atom is -0.481 e. The first-order valence-corrected chi connectivity index (χ1v) is 12.4. The minimum atomic E-state index is -4.73. The van der Waals surface area contributed by atoms with E-state index in [0.29, 0.717) is 17.4 Å². The highest BCUT2D eigenvalue weighted by atomic mass is 19.4. The number of benzene rings is 1. The number of anilines is 3. The predicted molar refractivity (Wildman–Crippen MR) is 136 cm³/mol. The van der Waals surface area contributed by atoms with E-state index in [1.165, 1.54) is 0 Å². The molecule has 1 fully saturated rings. The molecular formula is C26H31F3N6O3. The number of halogens is 3. The number of aliphatic carboxylic acids is 1. The van der Waals surface area contributed by atoms with Crippen LogP contribution < -0.4 is 10.6 Å². The zero-order valence-corrected chi connectivity index (χ0v) is 21.2. The van der Waals surface area contributed by atoms with Gasteiger partial charge in [-0.05, 0) is 70.1 Å². The van der Waals surface area contributed by atoms with Crippen LogP contribution in [0, 0.1) is 5.92 Å². The van der Waals surface area contributed by atoms with Gasteiger partial charge in [-0.25, -0.2) is 4.98 Å². The van der Waals surface area contributed by atoms with Crippen LogP contribution in [0.25, 0.3) is 0 Å². The van der Waals surface area contributed by atoms with Gasteiger partial charge in [0, 0.05) is 36.6 Å². The molecule has 204 valence electrons. The maximum Gasteiger partial charge on any atom is 0.421 e. The second-order valence-electron chi connectivity index (χ2n) is 9.74. The average molecular weight is 533 g/mol. The number of alkyl halides is 3. The highest BCUT2D eigenvalue weighted by molar-refractivity contribution is 5.94. The summed E-state index contributed by atoms with van der Waals surface area (Å²) < 4.78 is 40.9. The van der Waals surface area contributed by atoms with Crippen LogP contribution in [0.4, 0.5) is 30.6 Å². The van der Waals surface area contributed by atoms with Gasteiger partial charge in [0.1, 0.15) is 11.4 Å². The number of likely N-dealkylation sites (tertiary alicyclic amines) is 1. The van der Waals surface area contributed by atoms with Gasteiger partial charge in [0.15, 0.2) is 0 Å². The van der Waals surface area contributed by atoms with Gasteiger partial charge in [0.2, 0.25) is 5.95 Å². The number of hydrogen-bond acceptors (Lipinski definition) is 7. The van der Waals surface area contributed by atoms with Crippen molar-refractivity contribution in [1.82, 2.24) is 19.8 Å². The van der Waals surface area contributed by atoms with Gasteiger partial charge in [-0.1, -0.05) is 12.2 Å². The van der Waals surface area contributed by atoms with Gasteiger partial charge in [-0.2, -0.15) is 18.2 Å². The third-order valence-corrected chi connectivity index (χ3v) is 7.11. The van der Waals surface area contributed by atoms with Crippen LogP contribution in [0.3, 0.4) is 0 Å². The first-order valence-electron chi connectivity index (χ1n) is 12.4. The molecule has 1 aliphatic carbocycles. The summed E-state index contributed by atoms with van der Waals surface area (Å²) in [5.74, 6) is -2.67. The quantitative estimate of drug-likeness (QED) is 0.455. The fourth-order valence-electron chi connectivity index (χ4n) is 4.76. The Balaban J connectivity index is 1.49. The summed E-state index contributed by atoms with van der Waals surface area (Å²) in [7, 11) is 3.86. The van der Waals surface area contributed by atoms with Crippen LogP contribution in [0.15, 0.2) is 42.6 Å². The normalized spacial score (nSPS) is 20.7. The Morgan fingerprint density at radius 3 is 2.39 bits per heavy atom. The monoisotopic (exact) mass is 532 g/mol. The Kier molecular flexibility index (Phi) is 8.20. The lowest BCUT2D eigenvalue weighted by Crippen LogP contribution is -2.44. The fourth-order valence-corrected chi connectivity index (χ4v) is 4.76. The van der Waals surface area contributed by atoms with Crippen LogP contribution in [0.1, 0.15) is 41.6 Å². The number of aromatic nitrogens is 2. The number of hydrogen-bond donors (Lipinski definition) is 3. The van der Waals surface area contributed by atoms with E-state index in [9.17, 15) is 27.9 Å². The van der Waals surface area contributed by atoms with Crippen molar-refractivity contribution in [3.05, 3.63) is 53.7 Å². The number of carboxylic acid groups (broad SMARTS) is 1. The number of carboxylic acids is 1. The summed E-state index contributed by atoms with van der Waals surface area (Å²) >= 11 is 0. The molecule has 3 N–H and O–H groups in total. The van der Waals surface area contributed by atoms with Crippen molar-refractivity contribution in [2.24, 2.45) is 5.92 Å². The SMILES string of the molecule is CN1CCC(N(C)C(=O)c2ccc(Nc3ncc(C(F)(F)F)c(N[C@H]4CC=CC[C@@H]4C(=O)O)n3)cc2)CC1. The van der Waals surface area contributed by atoms with Crippen molar-refractivity contribution in [2.45, 2.75) is 43.9 Å². The molecule has 4 rings (SSSR count). The first-order chi connectivity index (χ1) is 18.0. The van der Waals surface area contributed by atoms with Crippen LogP contribution in [-0.2, 0) is 11.0 Å². The molecule has 9 nitrogen and oxygen atoms in total. The van der Waals surface area contributed by atoms with Gasteiger partial charge in [-0.15, -0.1) is 0 Å². The van der Waals surface area contributed by atoms with Crippen LogP contribution >= 0.6 is 0 Å². The van der Waals surface area contributed by atoms with E-state index in [1.807, 2.05) is 0 Å². The van der Waals surface area contributed by atoms with E-state index in [-0.39, 0.29) is 30.7 Å². The molecule has 2 atom stereocenters. The fraction of sp³-hybridized carbons (Fsp3) is 0.462. The summed E-state index contributed by atoms with van der Waals surface area (Å²) in [6.45, 7) is 1.87. The zero-order valence-electron chi connectivity index (χ0n) is 21.2. The maximum atomic E-state index is 13.6. The number of amides is 1. The summed E-state index contributed by atoms with van der Waals surface area (Å²) in [6, 6.07) is 5.97. The number of rotatable bonds is 7. The predicted octanol–water partition coefficient (Wildman–Crippen LogP) is 4.24. The molecule has 2 aromatic rings. The molecule has 0 unspecified atom stereocenters. The molecule has 1 saturated heterocycles. The standard InChI is InChI=1S/C26H31F3N6O3/c1-34-13-11-18(12-14-34)35(2)23(36)16-7-9-17(10-8-16)31-25-30-15-20(26(27,28)29)22(33-25)32-21-6-4-3-5-19(21)24(37)38/h3-4,7-10,15,18-19,21H,5-6,11-14H2,1-2H3,(H,37,38)(H2,30,31,32,33)/t19-,21-/m0/s1. The third kappa shape index (κ3) is 6.42. The second-order valence-corrected chi connectivity index (χ2v) is 9.74. The molecule has 1 aromatic heterocycles. The van der Waals surface area contributed by atoms with E-state index >= 15 is 0 Å². The average Bonchev–Trinajstić information content (AvgIpc) is 2.88. The van der Waals surface area contributed by atoms with Crippen molar-refractivity contribution in [2.75, 3.05) is 37.8 Å².